The second-order valence-corrected chi connectivity index (χ2v) is 4.48. The van der Waals surface area contributed by atoms with Crippen molar-refractivity contribution in [2.24, 2.45) is 0 Å². The highest BCUT2D eigenvalue weighted by Gasteiger charge is 2.36. The third-order valence-corrected chi connectivity index (χ3v) is 2.83. The van der Waals surface area contributed by atoms with Gasteiger partial charge in [0.15, 0.2) is 0 Å². The maximum absolute atomic E-state index is 12.7. The second-order valence-electron chi connectivity index (χ2n) is 4.48. The second kappa shape index (κ2) is 5.05. The van der Waals surface area contributed by atoms with E-state index in [9.17, 15) is 26.3 Å². The highest BCUT2D eigenvalue weighted by Crippen LogP contribution is 2.38. The van der Waals surface area contributed by atoms with Gasteiger partial charge in [-0.25, -0.2) is 0 Å². The fourth-order valence-electron chi connectivity index (χ4n) is 1.76. The quantitative estimate of drug-likeness (QED) is 0.668. The molecule has 0 aliphatic rings. The molecular formula is C14H9F6N. The van der Waals surface area contributed by atoms with E-state index in [0.717, 1.165) is 0 Å². The summed E-state index contributed by atoms with van der Waals surface area (Å²) in [7, 11) is 0. The molecule has 0 aliphatic heterocycles. The van der Waals surface area contributed by atoms with E-state index in [1.165, 1.54) is 18.3 Å². The van der Waals surface area contributed by atoms with Gasteiger partial charge in [-0.15, -0.1) is 0 Å². The molecule has 1 aromatic heterocycles. The number of pyridine rings is 1. The normalized spacial score (nSPS) is 12.5. The van der Waals surface area contributed by atoms with Gasteiger partial charge in [0.1, 0.15) is 0 Å². The molecule has 2 aromatic rings. The number of alkyl halides is 6. The third kappa shape index (κ3) is 3.53. The van der Waals surface area contributed by atoms with Crippen LogP contribution < -0.4 is 0 Å². The fraction of sp³-hybridized carbons (Fsp3) is 0.214. The summed E-state index contributed by atoms with van der Waals surface area (Å²) >= 11 is 0. The average molecular weight is 305 g/mol. The van der Waals surface area contributed by atoms with Crippen LogP contribution in [0.15, 0.2) is 36.5 Å². The van der Waals surface area contributed by atoms with Crippen molar-refractivity contribution in [3.63, 3.8) is 0 Å². The van der Waals surface area contributed by atoms with Crippen LogP contribution in [0.4, 0.5) is 26.3 Å². The van der Waals surface area contributed by atoms with E-state index in [2.05, 4.69) is 4.98 Å². The lowest BCUT2D eigenvalue weighted by Crippen LogP contribution is -2.11. The first kappa shape index (κ1) is 15.3. The maximum atomic E-state index is 12.7. The van der Waals surface area contributed by atoms with Gasteiger partial charge in [-0.3, -0.25) is 4.98 Å². The lowest BCUT2D eigenvalue weighted by atomic mass is 10.00. The topological polar surface area (TPSA) is 12.9 Å². The molecule has 0 fully saturated rings. The van der Waals surface area contributed by atoms with E-state index in [0.29, 0.717) is 17.8 Å². The van der Waals surface area contributed by atoms with Gasteiger partial charge in [-0.05, 0) is 36.8 Å². The molecule has 2 rings (SSSR count). The van der Waals surface area contributed by atoms with E-state index in [4.69, 9.17) is 0 Å². The number of aryl methyl sites for hydroxylation is 1. The molecule has 0 bridgehead atoms. The van der Waals surface area contributed by atoms with Crippen molar-refractivity contribution in [1.82, 2.24) is 4.98 Å². The van der Waals surface area contributed by atoms with Crippen LogP contribution in [0.1, 0.15) is 16.8 Å². The number of nitrogens with zero attached hydrogens (tertiary/aromatic N) is 1. The van der Waals surface area contributed by atoms with Crippen LogP contribution >= 0.6 is 0 Å². The van der Waals surface area contributed by atoms with Crippen molar-refractivity contribution in [3.05, 3.63) is 53.3 Å². The molecule has 0 saturated heterocycles. The molecule has 7 heteroatoms. The summed E-state index contributed by atoms with van der Waals surface area (Å²) in [6, 6.07) is 4.41. The van der Waals surface area contributed by atoms with Gasteiger partial charge in [0.25, 0.3) is 0 Å². The zero-order chi connectivity index (χ0) is 15.8. The van der Waals surface area contributed by atoms with Crippen LogP contribution in [-0.2, 0) is 12.4 Å². The summed E-state index contributed by atoms with van der Waals surface area (Å²) in [5, 5.41) is 0. The summed E-state index contributed by atoms with van der Waals surface area (Å²) < 4.78 is 76.4. The average Bonchev–Trinajstić information content (AvgIpc) is 2.37. The first-order valence-corrected chi connectivity index (χ1v) is 5.80. The number of benzene rings is 1. The van der Waals surface area contributed by atoms with Crippen LogP contribution in [0.3, 0.4) is 0 Å². The van der Waals surface area contributed by atoms with Crippen molar-refractivity contribution in [1.29, 1.82) is 0 Å². The van der Waals surface area contributed by atoms with Crippen LogP contribution in [0.2, 0.25) is 0 Å². The monoisotopic (exact) mass is 305 g/mol. The Bertz CT molecular complexity index is 608. The van der Waals surface area contributed by atoms with Gasteiger partial charge in [0, 0.05) is 17.5 Å². The highest BCUT2D eigenvalue weighted by atomic mass is 19.4. The van der Waals surface area contributed by atoms with Crippen molar-refractivity contribution in [2.75, 3.05) is 0 Å². The molecule has 1 nitrogen and oxygen atoms in total. The van der Waals surface area contributed by atoms with E-state index >= 15 is 0 Å². The Morgan fingerprint density at radius 2 is 1.29 bits per heavy atom. The number of hydrogen-bond acceptors (Lipinski definition) is 1. The molecule has 0 atom stereocenters. The van der Waals surface area contributed by atoms with Crippen LogP contribution in [-0.4, -0.2) is 4.98 Å². The third-order valence-electron chi connectivity index (χ3n) is 2.83. The Morgan fingerprint density at radius 3 is 1.67 bits per heavy atom. The first-order chi connectivity index (χ1) is 9.57. The van der Waals surface area contributed by atoms with Crippen molar-refractivity contribution < 1.29 is 26.3 Å². The predicted molar refractivity (Wildman–Crippen MR) is 64.4 cm³/mol. The summed E-state index contributed by atoms with van der Waals surface area (Å²) in [6.45, 7) is 1.66. The Labute approximate surface area is 116 Å². The molecule has 0 radical (unpaired) electrons. The maximum Gasteiger partial charge on any atom is 0.416 e. The van der Waals surface area contributed by atoms with Gasteiger partial charge >= 0.3 is 12.4 Å². The molecule has 0 amide bonds. The molecule has 1 heterocycles. The van der Waals surface area contributed by atoms with Gasteiger partial charge in [0.05, 0.1) is 11.1 Å². The minimum atomic E-state index is -4.85. The number of aromatic nitrogens is 1. The molecule has 1 aromatic carbocycles. The van der Waals surface area contributed by atoms with Gasteiger partial charge in [-0.2, -0.15) is 26.3 Å². The number of hydrogen-bond donors (Lipinski definition) is 0. The summed E-state index contributed by atoms with van der Waals surface area (Å²) in [5.74, 6) is 0. The zero-order valence-electron chi connectivity index (χ0n) is 10.7. The van der Waals surface area contributed by atoms with Gasteiger partial charge in [-0.1, -0.05) is 6.07 Å². The number of rotatable bonds is 1. The highest BCUT2D eigenvalue weighted by molar-refractivity contribution is 5.65. The van der Waals surface area contributed by atoms with Gasteiger partial charge < -0.3 is 0 Å². The Balaban J connectivity index is 2.63. The van der Waals surface area contributed by atoms with E-state index in [1.54, 1.807) is 6.92 Å². The lowest BCUT2D eigenvalue weighted by Gasteiger charge is -2.14. The Hall–Kier alpha value is -2.05. The summed E-state index contributed by atoms with van der Waals surface area (Å²) in [6.07, 6.45) is -8.47. The molecule has 0 saturated carbocycles. The van der Waals surface area contributed by atoms with Crippen LogP contribution in [0.5, 0.6) is 0 Å². The minimum Gasteiger partial charge on any atom is -0.261 e. The molecule has 0 aliphatic carbocycles. The molecule has 112 valence electrons. The largest absolute Gasteiger partial charge is 0.416 e. The number of halogens is 6. The molecule has 0 spiro atoms. The summed E-state index contributed by atoms with van der Waals surface area (Å²) in [4.78, 5) is 3.88. The zero-order valence-corrected chi connectivity index (χ0v) is 10.7. The minimum absolute atomic E-state index is 0.102. The predicted octanol–water partition coefficient (Wildman–Crippen LogP) is 5.09. The van der Waals surface area contributed by atoms with Crippen molar-refractivity contribution in [2.45, 2.75) is 19.3 Å². The fourth-order valence-corrected chi connectivity index (χ4v) is 1.76. The SMILES string of the molecule is Cc1ccc(-c2cc(C(F)(F)F)cc(C(F)(F)F)c2)cn1. The molecule has 0 N–H and O–H groups in total. The van der Waals surface area contributed by atoms with Crippen LogP contribution in [0, 0.1) is 6.92 Å². The Kier molecular flexibility index (Phi) is 3.69. The standard InChI is InChI=1S/C14H9F6N/c1-8-2-3-9(7-21-8)10-4-11(13(15,16)17)6-12(5-10)14(18,19)20/h2-7H,1H3. The van der Waals surface area contributed by atoms with E-state index in [1.807, 2.05) is 0 Å². The smallest absolute Gasteiger partial charge is 0.261 e. The van der Waals surface area contributed by atoms with Crippen LogP contribution in [0.25, 0.3) is 11.1 Å². The molecular weight excluding hydrogens is 296 g/mol. The van der Waals surface area contributed by atoms with E-state index in [-0.39, 0.29) is 17.2 Å². The lowest BCUT2D eigenvalue weighted by molar-refractivity contribution is -0.143. The molecule has 21 heavy (non-hydrogen) atoms. The van der Waals surface area contributed by atoms with Crippen molar-refractivity contribution >= 4 is 0 Å². The first-order valence-electron chi connectivity index (χ1n) is 5.80. The molecule has 0 unspecified atom stereocenters. The van der Waals surface area contributed by atoms with Gasteiger partial charge in [0.2, 0.25) is 0 Å². The van der Waals surface area contributed by atoms with Crippen molar-refractivity contribution in [3.8, 4) is 11.1 Å². The summed E-state index contributed by atoms with van der Waals surface area (Å²) in [5.41, 5.74) is -2.05. The van der Waals surface area contributed by atoms with E-state index < -0.39 is 23.5 Å². The Morgan fingerprint density at radius 1 is 0.762 bits per heavy atom.